The largest absolute Gasteiger partial charge is 0.370 e. The fourth-order valence-electron chi connectivity index (χ4n) is 3.41. The number of amides is 3. The average Bonchev–Trinajstić information content (AvgIpc) is 3.07. The van der Waals surface area contributed by atoms with E-state index >= 15 is 0 Å². The van der Waals surface area contributed by atoms with E-state index < -0.39 is 0 Å². The number of carbonyl (C=O) groups excluding carboxylic acids is 2. The molecule has 6 nitrogen and oxygen atoms in total. The molecule has 1 N–H and O–H groups in total. The summed E-state index contributed by atoms with van der Waals surface area (Å²) in [6.45, 7) is 4.95. The first kappa shape index (κ1) is 17.5. The zero-order valence-electron chi connectivity index (χ0n) is 15.4. The standard InChI is InChI=1S/C21H23N3O3/c1-15-7-8-17(11-19(15)24-10-9-22-21(24)26)20(25)23-12-18(13-23)27-14-16-5-3-2-4-6-16/h2-8,11,18H,9-10,12-14H2,1H3,(H,22,26). The van der Waals surface area contributed by atoms with Gasteiger partial charge < -0.3 is 15.0 Å². The normalized spacial score (nSPS) is 17.0. The highest BCUT2D eigenvalue weighted by Gasteiger charge is 2.32. The molecular formula is C21H23N3O3. The number of carbonyl (C=O) groups is 2. The van der Waals surface area contributed by atoms with E-state index in [1.807, 2.05) is 55.5 Å². The van der Waals surface area contributed by atoms with Crippen molar-refractivity contribution in [3.63, 3.8) is 0 Å². The summed E-state index contributed by atoms with van der Waals surface area (Å²) in [4.78, 5) is 28.2. The van der Waals surface area contributed by atoms with E-state index in [0.29, 0.717) is 38.3 Å². The van der Waals surface area contributed by atoms with Crippen molar-refractivity contribution in [1.29, 1.82) is 0 Å². The molecule has 2 aromatic rings. The van der Waals surface area contributed by atoms with Crippen LogP contribution < -0.4 is 10.2 Å². The van der Waals surface area contributed by atoms with Gasteiger partial charge in [0.1, 0.15) is 0 Å². The molecule has 2 aliphatic rings. The van der Waals surface area contributed by atoms with Gasteiger partial charge >= 0.3 is 6.03 Å². The van der Waals surface area contributed by atoms with Crippen LogP contribution in [-0.4, -0.2) is 49.1 Å². The zero-order valence-corrected chi connectivity index (χ0v) is 15.4. The molecule has 27 heavy (non-hydrogen) atoms. The minimum absolute atomic E-state index is 0.0181. The van der Waals surface area contributed by atoms with E-state index in [1.54, 1.807) is 9.80 Å². The Balaban J connectivity index is 1.36. The maximum atomic E-state index is 12.8. The van der Waals surface area contributed by atoms with Crippen molar-refractivity contribution in [2.45, 2.75) is 19.6 Å². The van der Waals surface area contributed by atoms with Crippen molar-refractivity contribution >= 4 is 17.6 Å². The van der Waals surface area contributed by atoms with Gasteiger partial charge in [0.05, 0.1) is 12.7 Å². The number of rotatable bonds is 5. The Bertz CT molecular complexity index is 847. The third-order valence-corrected chi connectivity index (χ3v) is 5.07. The molecule has 6 heteroatoms. The first-order valence-corrected chi connectivity index (χ1v) is 9.22. The molecule has 3 amide bonds. The third kappa shape index (κ3) is 3.66. The molecule has 0 atom stereocenters. The van der Waals surface area contributed by atoms with Gasteiger partial charge in [-0.1, -0.05) is 36.4 Å². The quantitative estimate of drug-likeness (QED) is 0.886. The van der Waals surface area contributed by atoms with Gasteiger partial charge in [-0.3, -0.25) is 9.69 Å². The number of anilines is 1. The van der Waals surface area contributed by atoms with Gasteiger partial charge in [-0.2, -0.15) is 0 Å². The fourth-order valence-corrected chi connectivity index (χ4v) is 3.41. The molecule has 2 heterocycles. The van der Waals surface area contributed by atoms with Crippen LogP contribution in [0.4, 0.5) is 10.5 Å². The SMILES string of the molecule is Cc1ccc(C(=O)N2CC(OCc3ccccc3)C2)cc1N1CCNC1=O. The van der Waals surface area contributed by atoms with Gasteiger partial charge in [0, 0.05) is 37.4 Å². The fraction of sp³-hybridized carbons (Fsp3) is 0.333. The Hall–Kier alpha value is -2.86. The molecule has 0 aliphatic carbocycles. The molecule has 0 saturated carbocycles. The summed E-state index contributed by atoms with van der Waals surface area (Å²) in [7, 11) is 0. The van der Waals surface area contributed by atoms with E-state index in [-0.39, 0.29) is 18.0 Å². The number of likely N-dealkylation sites (tertiary alicyclic amines) is 1. The maximum Gasteiger partial charge on any atom is 0.322 e. The molecule has 0 unspecified atom stereocenters. The van der Waals surface area contributed by atoms with Crippen LogP contribution in [0.2, 0.25) is 0 Å². The van der Waals surface area contributed by atoms with Crippen LogP contribution in [0.25, 0.3) is 0 Å². The monoisotopic (exact) mass is 365 g/mol. The molecule has 4 rings (SSSR count). The van der Waals surface area contributed by atoms with Crippen LogP contribution >= 0.6 is 0 Å². The van der Waals surface area contributed by atoms with Gasteiger partial charge in [-0.15, -0.1) is 0 Å². The molecule has 2 aliphatic heterocycles. The van der Waals surface area contributed by atoms with Crippen molar-refractivity contribution in [2.75, 3.05) is 31.1 Å². The van der Waals surface area contributed by atoms with Crippen molar-refractivity contribution in [3.05, 3.63) is 65.2 Å². The van der Waals surface area contributed by atoms with Gasteiger partial charge in [0.15, 0.2) is 0 Å². The summed E-state index contributed by atoms with van der Waals surface area (Å²) < 4.78 is 5.86. The number of nitrogens with one attached hydrogen (secondary N) is 1. The lowest BCUT2D eigenvalue weighted by Crippen LogP contribution is -2.54. The summed E-state index contributed by atoms with van der Waals surface area (Å²) in [5.41, 5.74) is 3.52. The number of benzene rings is 2. The second-order valence-electron chi connectivity index (χ2n) is 7.01. The zero-order chi connectivity index (χ0) is 18.8. The smallest absolute Gasteiger partial charge is 0.322 e. The van der Waals surface area contributed by atoms with E-state index in [4.69, 9.17) is 4.74 Å². The molecule has 0 aromatic heterocycles. The minimum Gasteiger partial charge on any atom is -0.370 e. The lowest BCUT2D eigenvalue weighted by Gasteiger charge is -2.39. The molecule has 0 spiro atoms. The van der Waals surface area contributed by atoms with E-state index in [1.165, 1.54) is 0 Å². The first-order valence-electron chi connectivity index (χ1n) is 9.22. The predicted molar refractivity (Wildman–Crippen MR) is 103 cm³/mol. The summed E-state index contributed by atoms with van der Waals surface area (Å²) in [5, 5.41) is 2.80. The number of urea groups is 1. The van der Waals surface area contributed by atoms with Crippen molar-refractivity contribution < 1.29 is 14.3 Å². The van der Waals surface area contributed by atoms with Crippen molar-refractivity contribution in [3.8, 4) is 0 Å². The third-order valence-electron chi connectivity index (χ3n) is 5.07. The highest BCUT2D eigenvalue weighted by atomic mass is 16.5. The lowest BCUT2D eigenvalue weighted by atomic mass is 10.1. The number of hydrogen-bond acceptors (Lipinski definition) is 3. The molecular weight excluding hydrogens is 342 g/mol. The molecule has 2 aromatic carbocycles. The Morgan fingerprint density at radius 3 is 2.67 bits per heavy atom. The van der Waals surface area contributed by atoms with Crippen LogP contribution in [0.5, 0.6) is 0 Å². The summed E-state index contributed by atoms with van der Waals surface area (Å²) in [6, 6.07) is 15.5. The minimum atomic E-state index is -0.110. The van der Waals surface area contributed by atoms with Gasteiger partial charge in [-0.05, 0) is 30.2 Å². The second-order valence-corrected chi connectivity index (χ2v) is 7.01. The Kier molecular flexibility index (Phi) is 4.81. The maximum absolute atomic E-state index is 12.8. The highest BCUT2D eigenvalue weighted by molar-refractivity contribution is 5.99. The van der Waals surface area contributed by atoms with Crippen LogP contribution in [0, 0.1) is 6.92 Å². The Morgan fingerprint density at radius 1 is 1.19 bits per heavy atom. The average molecular weight is 365 g/mol. The molecule has 2 saturated heterocycles. The van der Waals surface area contributed by atoms with Gasteiger partial charge in [-0.25, -0.2) is 4.79 Å². The Labute approximate surface area is 158 Å². The van der Waals surface area contributed by atoms with Crippen LogP contribution in [0.1, 0.15) is 21.5 Å². The number of hydrogen-bond donors (Lipinski definition) is 1. The second kappa shape index (κ2) is 7.40. The molecule has 0 bridgehead atoms. The van der Waals surface area contributed by atoms with Crippen LogP contribution in [0.3, 0.4) is 0 Å². The Morgan fingerprint density at radius 2 is 1.96 bits per heavy atom. The van der Waals surface area contributed by atoms with Gasteiger partial charge in [0.25, 0.3) is 5.91 Å². The topological polar surface area (TPSA) is 61.9 Å². The number of aryl methyl sites for hydroxylation is 1. The highest BCUT2D eigenvalue weighted by Crippen LogP contribution is 2.25. The van der Waals surface area contributed by atoms with Crippen LogP contribution in [-0.2, 0) is 11.3 Å². The molecule has 2 fully saturated rings. The molecule has 0 radical (unpaired) electrons. The van der Waals surface area contributed by atoms with Crippen molar-refractivity contribution in [1.82, 2.24) is 10.2 Å². The van der Waals surface area contributed by atoms with Gasteiger partial charge in [0.2, 0.25) is 0 Å². The summed E-state index contributed by atoms with van der Waals surface area (Å²) in [6.07, 6.45) is 0.0726. The molecule has 140 valence electrons. The summed E-state index contributed by atoms with van der Waals surface area (Å²) in [5.74, 6) is -0.0181. The summed E-state index contributed by atoms with van der Waals surface area (Å²) >= 11 is 0. The van der Waals surface area contributed by atoms with E-state index in [0.717, 1.165) is 16.8 Å². The number of ether oxygens (including phenoxy) is 1. The van der Waals surface area contributed by atoms with Crippen molar-refractivity contribution in [2.24, 2.45) is 0 Å². The lowest BCUT2D eigenvalue weighted by molar-refractivity contribution is -0.0503. The predicted octanol–water partition coefficient (Wildman–Crippen LogP) is 2.57. The van der Waals surface area contributed by atoms with E-state index in [9.17, 15) is 9.59 Å². The van der Waals surface area contributed by atoms with Crippen LogP contribution in [0.15, 0.2) is 48.5 Å². The first-order chi connectivity index (χ1) is 13.1. The van der Waals surface area contributed by atoms with E-state index in [2.05, 4.69) is 5.32 Å². The number of nitrogens with zero attached hydrogens (tertiary/aromatic N) is 2.